The first-order chi connectivity index (χ1) is 10.8. The summed E-state index contributed by atoms with van der Waals surface area (Å²) in [5, 5.41) is 20.8. The molecule has 3 rings (SSSR count). The Morgan fingerprint density at radius 1 is 1.43 bits per heavy atom. The van der Waals surface area contributed by atoms with Crippen molar-refractivity contribution in [3.63, 3.8) is 0 Å². The zero-order valence-corrected chi connectivity index (χ0v) is 13.1. The maximum atomic E-state index is 11.2. The van der Waals surface area contributed by atoms with Crippen molar-refractivity contribution in [1.82, 2.24) is 14.5 Å². The number of nitrogens with two attached hydrogens (primary N) is 1. The molecular formula is C12H17N4O6P. The number of fused-ring (bicyclic) bond motifs is 1. The summed E-state index contributed by atoms with van der Waals surface area (Å²) in [5.74, 6) is 0.286. The Morgan fingerprint density at radius 3 is 2.87 bits per heavy atom. The molecule has 0 saturated carbocycles. The fourth-order valence-corrected chi connectivity index (χ4v) is 2.93. The van der Waals surface area contributed by atoms with E-state index in [0.29, 0.717) is 11.0 Å². The summed E-state index contributed by atoms with van der Waals surface area (Å²) in [6.45, 7) is 0.705. The van der Waals surface area contributed by atoms with E-state index in [4.69, 9.17) is 19.9 Å². The van der Waals surface area contributed by atoms with Gasteiger partial charge < -0.3 is 34.7 Å². The van der Waals surface area contributed by atoms with Gasteiger partial charge in [-0.15, -0.1) is 0 Å². The molecule has 1 aliphatic heterocycles. The second kappa shape index (κ2) is 5.82. The van der Waals surface area contributed by atoms with E-state index in [1.807, 2.05) is 0 Å². The van der Waals surface area contributed by atoms with Crippen molar-refractivity contribution >= 4 is 24.4 Å². The molecule has 5 atom stereocenters. The van der Waals surface area contributed by atoms with Crippen LogP contribution >= 0.6 is 7.60 Å². The Morgan fingerprint density at radius 2 is 2.17 bits per heavy atom. The molecule has 0 radical (unpaired) electrons. The Bertz CT molecular complexity index is 761. The average Bonchev–Trinajstić information content (AvgIpc) is 3.01. The van der Waals surface area contributed by atoms with Gasteiger partial charge in [-0.05, 0) is 6.07 Å². The predicted octanol–water partition coefficient (Wildman–Crippen LogP) is -0.536. The second-order valence-corrected chi connectivity index (χ2v) is 7.23. The van der Waals surface area contributed by atoms with Gasteiger partial charge in [-0.3, -0.25) is 4.57 Å². The maximum absolute atomic E-state index is 11.2. The van der Waals surface area contributed by atoms with E-state index < -0.39 is 32.1 Å². The van der Waals surface area contributed by atoms with Crippen LogP contribution in [0, 0.1) is 0 Å². The number of hydrogen-bond donors (Lipinski definition) is 4. The molecule has 0 spiro atoms. The fourth-order valence-electron chi connectivity index (χ4n) is 2.50. The molecule has 0 aromatic carbocycles. The molecule has 0 bridgehead atoms. The van der Waals surface area contributed by atoms with E-state index >= 15 is 0 Å². The van der Waals surface area contributed by atoms with E-state index in [1.165, 1.54) is 10.9 Å². The molecule has 1 aliphatic rings. The van der Waals surface area contributed by atoms with Crippen LogP contribution in [0.2, 0.25) is 0 Å². The Kier molecular flexibility index (Phi) is 4.13. The number of nitrogen functional groups attached to an aromatic ring is 1. The third-order valence-electron chi connectivity index (χ3n) is 3.63. The lowest BCUT2D eigenvalue weighted by atomic mass is 10.1. The van der Waals surface area contributed by atoms with Crippen molar-refractivity contribution in [2.75, 3.05) is 19.0 Å². The van der Waals surface area contributed by atoms with Gasteiger partial charge in [0.15, 0.2) is 6.23 Å². The molecule has 2 aromatic rings. The molecule has 5 N–H and O–H groups in total. The van der Waals surface area contributed by atoms with Gasteiger partial charge in [-0.25, -0.2) is 9.97 Å². The van der Waals surface area contributed by atoms with Crippen LogP contribution in [0.5, 0.6) is 0 Å². The Labute approximate surface area is 131 Å². The predicted molar refractivity (Wildman–Crippen MR) is 79.6 cm³/mol. The lowest BCUT2D eigenvalue weighted by molar-refractivity contribution is -0.0480. The lowest BCUT2D eigenvalue weighted by Crippen LogP contribution is -2.33. The van der Waals surface area contributed by atoms with Gasteiger partial charge in [0.2, 0.25) is 0 Å². The lowest BCUT2D eigenvalue weighted by Gasteiger charge is -2.17. The smallest absolute Gasteiger partial charge is 0.325 e. The molecule has 0 amide bonds. The molecule has 126 valence electrons. The van der Waals surface area contributed by atoms with Crippen LogP contribution in [0.1, 0.15) is 6.23 Å². The fraction of sp³-hybridized carbons (Fsp3) is 0.500. The second-order valence-electron chi connectivity index (χ2n) is 5.36. The number of nitrogens with zero attached hydrogens (tertiary/aromatic N) is 3. The van der Waals surface area contributed by atoms with Gasteiger partial charge in [-0.1, -0.05) is 0 Å². The van der Waals surface area contributed by atoms with Crippen LogP contribution in [0.4, 0.5) is 5.82 Å². The van der Waals surface area contributed by atoms with Crippen molar-refractivity contribution in [2.24, 2.45) is 0 Å². The molecule has 1 saturated heterocycles. The van der Waals surface area contributed by atoms with E-state index in [2.05, 4.69) is 9.97 Å². The molecular weight excluding hydrogens is 327 g/mol. The minimum Gasteiger partial charge on any atom is -0.387 e. The van der Waals surface area contributed by atoms with Crippen LogP contribution in [0.3, 0.4) is 0 Å². The largest absolute Gasteiger partial charge is 0.387 e. The molecule has 10 nitrogen and oxygen atoms in total. The van der Waals surface area contributed by atoms with Crippen LogP contribution in [0.15, 0.2) is 18.6 Å². The molecule has 0 aliphatic carbocycles. The van der Waals surface area contributed by atoms with Gasteiger partial charge in [0.25, 0.3) is 0 Å². The van der Waals surface area contributed by atoms with Crippen LogP contribution in [0.25, 0.3) is 11.0 Å². The molecule has 2 aromatic heterocycles. The molecule has 1 fully saturated rings. The summed E-state index contributed by atoms with van der Waals surface area (Å²) in [5.41, 5.74) is 6.20. The average molecular weight is 344 g/mol. The zero-order chi connectivity index (χ0) is 16.8. The minimum absolute atomic E-state index is 0.286. The van der Waals surface area contributed by atoms with Gasteiger partial charge in [-0.2, -0.15) is 0 Å². The number of aromatic nitrogens is 3. The SMILES string of the molecule is CP(=O)(O)OC[C@@H]1O[C@H](n2ccc3c(N)ncnc32)[C@@H](O)[C@H]1O. The van der Waals surface area contributed by atoms with Gasteiger partial charge in [0.1, 0.15) is 36.1 Å². The molecule has 11 heteroatoms. The van der Waals surface area contributed by atoms with Crippen LogP contribution in [-0.2, 0) is 13.8 Å². The van der Waals surface area contributed by atoms with Gasteiger partial charge in [0, 0.05) is 12.9 Å². The van der Waals surface area contributed by atoms with Gasteiger partial charge >= 0.3 is 7.60 Å². The quantitative estimate of drug-likeness (QED) is 0.536. The summed E-state index contributed by atoms with van der Waals surface area (Å²) < 4.78 is 23.0. The van der Waals surface area contributed by atoms with Crippen molar-refractivity contribution in [3.8, 4) is 0 Å². The van der Waals surface area contributed by atoms with E-state index in [-0.39, 0.29) is 12.4 Å². The van der Waals surface area contributed by atoms with E-state index in [0.717, 1.165) is 6.66 Å². The van der Waals surface area contributed by atoms with Crippen LogP contribution in [-0.4, -0.2) is 61.2 Å². The maximum Gasteiger partial charge on any atom is 0.325 e. The third-order valence-corrected chi connectivity index (χ3v) is 4.26. The number of aliphatic hydroxyl groups excluding tert-OH is 2. The first kappa shape index (κ1) is 16.3. The molecule has 1 unspecified atom stereocenters. The van der Waals surface area contributed by atoms with E-state index in [1.54, 1.807) is 12.3 Å². The normalized spacial score (nSPS) is 30.6. The summed E-state index contributed by atoms with van der Waals surface area (Å²) in [6, 6.07) is 1.67. The Hall–Kier alpha value is -1.55. The highest BCUT2D eigenvalue weighted by molar-refractivity contribution is 7.51. The first-order valence-electron chi connectivity index (χ1n) is 6.81. The number of aliphatic hydroxyl groups is 2. The summed E-state index contributed by atoms with van der Waals surface area (Å²) in [7, 11) is -3.71. The van der Waals surface area contributed by atoms with Crippen molar-refractivity contribution in [2.45, 2.75) is 24.5 Å². The third kappa shape index (κ3) is 3.09. The highest BCUT2D eigenvalue weighted by Gasteiger charge is 2.44. The number of ether oxygens (including phenoxy) is 1. The first-order valence-corrected chi connectivity index (χ1v) is 8.84. The number of anilines is 1. The standard InChI is InChI=1S/C12H17N4O6P/c1-23(19,20)21-4-7-8(17)9(18)12(22-7)16-3-2-6-10(13)14-5-15-11(6)16/h2-3,5,7-9,12,17-18H,4H2,1H3,(H,19,20)(H2,13,14,15)/t7-,8-,9-,12-/m0/s1. The number of rotatable bonds is 4. The number of hydrogen-bond acceptors (Lipinski definition) is 8. The van der Waals surface area contributed by atoms with Crippen molar-refractivity contribution in [1.29, 1.82) is 0 Å². The van der Waals surface area contributed by atoms with Crippen molar-refractivity contribution < 1.29 is 28.9 Å². The summed E-state index contributed by atoms with van der Waals surface area (Å²) in [6.07, 6.45) is -1.53. The van der Waals surface area contributed by atoms with Crippen LogP contribution < -0.4 is 5.73 Å². The summed E-state index contributed by atoms with van der Waals surface area (Å²) in [4.78, 5) is 17.1. The highest BCUT2D eigenvalue weighted by Crippen LogP contribution is 2.39. The highest BCUT2D eigenvalue weighted by atomic mass is 31.2. The minimum atomic E-state index is -3.71. The van der Waals surface area contributed by atoms with Crippen molar-refractivity contribution in [3.05, 3.63) is 18.6 Å². The van der Waals surface area contributed by atoms with Gasteiger partial charge in [0.05, 0.1) is 12.0 Å². The molecule has 23 heavy (non-hydrogen) atoms. The zero-order valence-electron chi connectivity index (χ0n) is 12.2. The monoisotopic (exact) mass is 344 g/mol. The van der Waals surface area contributed by atoms with E-state index in [9.17, 15) is 14.8 Å². The Balaban J connectivity index is 1.85. The summed E-state index contributed by atoms with van der Waals surface area (Å²) >= 11 is 0. The topological polar surface area (TPSA) is 153 Å². The molecule has 3 heterocycles.